The quantitative estimate of drug-likeness (QED) is 0.446. The van der Waals surface area contributed by atoms with E-state index in [9.17, 15) is 4.79 Å². The molecule has 0 atom stereocenters. The molecular weight excluding hydrogens is 396 g/mol. The zero-order valence-corrected chi connectivity index (χ0v) is 16.4. The first-order valence-electron chi connectivity index (χ1n) is 8.41. The van der Waals surface area contributed by atoms with Crippen molar-refractivity contribution in [3.05, 3.63) is 42.5 Å². The predicted octanol–water partition coefficient (Wildman–Crippen LogP) is 4.44. The van der Waals surface area contributed by atoms with E-state index in [4.69, 9.17) is 10.5 Å². The van der Waals surface area contributed by atoms with Gasteiger partial charge in [-0.2, -0.15) is 0 Å². The summed E-state index contributed by atoms with van der Waals surface area (Å²) in [6, 6.07) is 12.6. The summed E-state index contributed by atoms with van der Waals surface area (Å²) >= 11 is 2.66. The highest BCUT2D eigenvalue weighted by Gasteiger charge is 2.11. The lowest BCUT2D eigenvalue weighted by Gasteiger charge is -2.04. The number of fused-ring (bicyclic) bond motifs is 1. The van der Waals surface area contributed by atoms with Crippen molar-refractivity contribution < 1.29 is 9.53 Å². The highest BCUT2D eigenvalue weighted by Crippen LogP contribution is 2.29. The second kappa shape index (κ2) is 7.79. The van der Waals surface area contributed by atoms with Crippen LogP contribution in [0.2, 0.25) is 0 Å². The minimum atomic E-state index is -0.397. The van der Waals surface area contributed by atoms with Crippen LogP contribution in [0.3, 0.4) is 0 Å². The van der Waals surface area contributed by atoms with E-state index < -0.39 is 6.03 Å². The molecule has 28 heavy (non-hydrogen) atoms. The lowest BCUT2D eigenvalue weighted by molar-refractivity contribution is 0.262. The fraction of sp³-hybridized carbons (Fsp3) is 0.111. The maximum absolute atomic E-state index is 12.2. The molecule has 10 heteroatoms. The summed E-state index contributed by atoms with van der Waals surface area (Å²) in [7, 11) is 0. The SMILES string of the molecule is CCOc1ccc(-c2nnc(NC(=O)Nc3ccc4nc(N)sc4c3)s2)cc1. The highest BCUT2D eigenvalue weighted by molar-refractivity contribution is 7.22. The molecule has 0 unspecified atom stereocenters. The molecule has 2 heterocycles. The van der Waals surface area contributed by atoms with E-state index >= 15 is 0 Å². The third-order valence-corrected chi connectivity index (χ3v) is 5.46. The maximum Gasteiger partial charge on any atom is 0.325 e. The number of thiazole rings is 1. The topological polar surface area (TPSA) is 115 Å². The monoisotopic (exact) mass is 412 g/mol. The van der Waals surface area contributed by atoms with E-state index in [1.54, 1.807) is 6.07 Å². The lowest BCUT2D eigenvalue weighted by Crippen LogP contribution is -2.19. The van der Waals surface area contributed by atoms with Crippen molar-refractivity contribution in [2.24, 2.45) is 0 Å². The molecule has 8 nitrogen and oxygen atoms in total. The average Bonchev–Trinajstić information content (AvgIpc) is 3.28. The number of urea groups is 1. The van der Waals surface area contributed by atoms with E-state index in [-0.39, 0.29) is 0 Å². The second-order valence-corrected chi connectivity index (χ2v) is 7.72. The molecule has 4 aromatic rings. The minimum absolute atomic E-state index is 0.397. The molecule has 4 rings (SSSR count). The Hall–Kier alpha value is -3.24. The van der Waals surface area contributed by atoms with Crippen molar-refractivity contribution in [2.75, 3.05) is 23.0 Å². The van der Waals surface area contributed by atoms with Crippen LogP contribution in [0.25, 0.3) is 20.8 Å². The van der Waals surface area contributed by atoms with Crippen LogP contribution in [0.15, 0.2) is 42.5 Å². The number of hydrogen-bond acceptors (Lipinski definition) is 8. The van der Waals surface area contributed by atoms with Gasteiger partial charge in [0, 0.05) is 11.3 Å². The number of benzene rings is 2. The van der Waals surface area contributed by atoms with Gasteiger partial charge in [0.25, 0.3) is 0 Å². The molecule has 0 saturated heterocycles. The summed E-state index contributed by atoms with van der Waals surface area (Å²) in [6.45, 7) is 2.55. The molecule has 0 fully saturated rings. The number of nitrogens with two attached hydrogens (primary N) is 1. The number of ether oxygens (including phenoxy) is 1. The molecular formula is C18H16N6O2S2. The number of amides is 2. The molecule has 0 aliphatic heterocycles. The average molecular weight is 413 g/mol. The third kappa shape index (κ3) is 4.02. The number of nitrogens with one attached hydrogen (secondary N) is 2. The van der Waals surface area contributed by atoms with Crippen LogP contribution in [0.1, 0.15) is 6.92 Å². The number of hydrogen-bond donors (Lipinski definition) is 3. The Morgan fingerprint density at radius 2 is 1.93 bits per heavy atom. The van der Waals surface area contributed by atoms with Gasteiger partial charge in [-0.15, -0.1) is 10.2 Å². The van der Waals surface area contributed by atoms with Crippen molar-refractivity contribution in [1.29, 1.82) is 0 Å². The molecule has 2 amide bonds. The number of nitrogen functional groups attached to an aromatic ring is 1. The summed E-state index contributed by atoms with van der Waals surface area (Å²) in [4.78, 5) is 16.4. The summed E-state index contributed by atoms with van der Waals surface area (Å²) in [5, 5.41) is 15.2. The first kappa shape index (κ1) is 18.1. The van der Waals surface area contributed by atoms with Crippen molar-refractivity contribution >= 4 is 54.9 Å². The van der Waals surface area contributed by atoms with E-state index in [2.05, 4.69) is 25.8 Å². The van der Waals surface area contributed by atoms with Gasteiger partial charge in [0.15, 0.2) is 5.13 Å². The number of anilines is 3. The molecule has 0 aliphatic carbocycles. The number of rotatable bonds is 5. The maximum atomic E-state index is 12.2. The molecule has 0 saturated carbocycles. The molecule has 0 aliphatic rings. The Morgan fingerprint density at radius 3 is 2.71 bits per heavy atom. The molecule has 0 spiro atoms. The third-order valence-electron chi connectivity index (χ3n) is 3.72. The zero-order chi connectivity index (χ0) is 19.5. The van der Waals surface area contributed by atoms with Gasteiger partial charge in [-0.25, -0.2) is 9.78 Å². The molecule has 2 aromatic heterocycles. The Morgan fingerprint density at radius 1 is 1.11 bits per heavy atom. The van der Waals surface area contributed by atoms with Gasteiger partial charge < -0.3 is 15.8 Å². The zero-order valence-electron chi connectivity index (χ0n) is 14.8. The molecule has 142 valence electrons. The Balaban J connectivity index is 1.41. The van der Waals surface area contributed by atoms with Gasteiger partial charge in [-0.1, -0.05) is 22.7 Å². The van der Waals surface area contributed by atoms with Gasteiger partial charge >= 0.3 is 6.03 Å². The molecule has 2 aromatic carbocycles. The Bertz CT molecular complexity index is 1120. The summed E-state index contributed by atoms with van der Waals surface area (Å²) in [6.07, 6.45) is 0. The van der Waals surface area contributed by atoms with Crippen LogP contribution in [-0.4, -0.2) is 27.8 Å². The van der Waals surface area contributed by atoms with Crippen molar-refractivity contribution in [3.8, 4) is 16.3 Å². The first-order chi connectivity index (χ1) is 13.6. The summed E-state index contributed by atoms with van der Waals surface area (Å²) in [5.41, 5.74) is 8.06. The van der Waals surface area contributed by atoms with E-state index in [1.165, 1.54) is 22.7 Å². The largest absolute Gasteiger partial charge is 0.494 e. The van der Waals surface area contributed by atoms with Gasteiger partial charge in [0.1, 0.15) is 10.8 Å². The van der Waals surface area contributed by atoms with Gasteiger partial charge in [-0.3, -0.25) is 5.32 Å². The normalized spacial score (nSPS) is 10.8. The molecule has 0 radical (unpaired) electrons. The fourth-order valence-corrected chi connectivity index (χ4v) is 4.05. The highest BCUT2D eigenvalue weighted by atomic mass is 32.1. The van der Waals surface area contributed by atoms with Crippen LogP contribution in [-0.2, 0) is 0 Å². The second-order valence-electron chi connectivity index (χ2n) is 5.68. The van der Waals surface area contributed by atoms with Crippen LogP contribution in [0.4, 0.5) is 20.7 Å². The first-order valence-corrected chi connectivity index (χ1v) is 10.0. The van der Waals surface area contributed by atoms with Gasteiger partial charge in [0.2, 0.25) is 5.13 Å². The number of aromatic nitrogens is 3. The number of nitrogens with zero attached hydrogens (tertiary/aromatic N) is 3. The summed E-state index contributed by atoms with van der Waals surface area (Å²) < 4.78 is 6.34. The van der Waals surface area contributed by atoms with E-state index in [1.807, 2.05) is 43.3 Å². The molecule has 0 bridgehead atoms. The number of carbonyl (C=O) groups is 1. The molecule has 4 N–H and O–H groups in total. The van der Waals surface area contributed by atoms with Crippen molar-refractivity contribution in [3.63, 3.8) is 0 Å². The van der Waals surface area contributed by atoms with Crippen LogP contribution in [0.5, 0.6) is 5.75 Å². The lowest BCUT2D eigenvalue weighted by atomic mass is 10.2. The fourth-order valence-electron chi connectivity index (χ4n) is 2.53. The van der Waals surface area contributed by atoms with Crippen LogP contribution >= 0.6 is 22.7 Å². The Kier molecular flexibility index (Phi) is 5.04. The predicted molar refractivity (Wildman–Crippen MR) is 113 cm³/mol. The van der Waals surface area contributed by atoms with Gasteiger partial charge in [-0.05, 0) is 49.4 Å². The van der Waals surface area contributed by atoms with Crippen LogP contribution in [0, 0.1) is 0 Å². The van der Waals surface area contributed by atoms with Crippen molar-refractivity contribution in [1.82, 2.24) is 15.2 Å². The Labute approximate surface area is 168 Å². The van der Waals surface area contributed by atoms with Crippen molar-refractivity contribution in [2.45, 2.75) is 6.92 Å². The number of carbonyl (C=O) groups excluding carboxylic acids is 1. The summed E-state index contributed by atoms with van der Waals surface area (Å²) in [5.74, 6) is 0.799. The smallest absolute Gasteiger partial charge is 0.325 e. The standard InChI is InChI=1S/C18H16N6O2S2/c1-2-26-12-6-3-10(4-7-12)15-23-24-18(28-15)22-17(25)20-11-5-8-13-14(9-11)27-16(19)21-13/h3-9H,2H2,1H3,(H2,19,21)(H2,20,22,24,25). The van der Waals surface area contributed by atoms with E-state index in [0.29, 0.717) is 27.6 Å². The van der Waals surface area contributed by atoms with Crippen LogP contribution < -0.4 is 21.1 Å². The van der Waals surface area contributed by atoms with Gasteiger partial charge in [0.05, 0.1) is 16.8 Å². The minimum Gasteiger partial charge on any atom is -0.494 e. The van der Waals surface area contributed by atoms with E-state index in [0.717, 1.165) is 21.5 Å².